The van der Waals surface area contributed by atoms with E-state index in [9.17, 15) is 9.59 Å². The molecule has 0 fully saturated rings. The van der Waals surface area contributed by atoms with Gasteiger partial charge in [0.2, 0.25) is 5.91 Å². The fourth-order valence-corrected chi connectivity index (χ4v) is 3.00. The van der Waals surface area contributed by atoms with Crippen LogP contribution in [0.1, 0.15) is 21.5 Å². The largest absolute Gasteiger partial charge is 0.343 e. The summed E-state index contributed by atoms with van der Waals surface area (Å²) in [4.78, 5) is 24.9. The van der Waals surface area contributed by atoms with Crippen molar-refractivity contribution in [2.45, 2.75) is 13.8 Å². The first kappa shape index (κ1) is 18.4. The number of nitrogens with one attached hydrogen (secondary N) is 2. The van der Waals surface area contributed by atoms with Crippen LogP contribution in [0.3, 0.4) is 0 Å². The van der Waals surface area contributed by atoms with E-state index in [-0.39, 0.29) is 18.4 Å². The SMILES string of the molecule is Cc1cccc(C)c1NC(=O)CNC(=O)c1ccccc1-c1ccccc1. The topological polar surface area (TPSA) is 58.2 Å². The predicted molar refractivity (Wildman–Crippen MR) is 109 cm³/mol. The molecule has 3 aromatic carbocycles. The van der Waals surface area contributed by atoms with E-state index in [0.29, 0.717) is 5.56 Å². The van der Waals surface area contributed by atoms with Gasteiger partial charge in [0, 0.05) is 11.3 Å². The summed E-state index contributed by atoms with van der Waals surface area (Å²) in [6, 6.07) is 22.9. The molecule has 0 spiro atoms. The molecule has 0 heterocycles. The minimum atomic E-state index is -0.272. The van der Waals surface area contributed by atoms with E-state index in [1.807, 2.05) is 80.6 Å². The Kier molecular flexibility index (Phi) is 5.67. The molecule has 4 heteroatoms. The van der Waals surface area contributed by atoms with E-state index in [1.165, 1.54) is 0 Å². The number of para-hydroxylation sites is 1. The Bertz CT molecular complexity index is 945. The fourth-order valence-electron chi connectivity index (χ4n) is 3.00. The minimum Gasteiger partial charge on any atom is -0.343 e. The smallest absolute Gasteiger partial charge is 0.252 e. The van der Waals surface area contributed by atoms with Crippen LogP contribution in [0.15, 0.2) is 72.8 Å². The lowest BCUT2D eigenvalue weighted by Gasteiger charge is -2.13. The molecule has 0 aliphatic heterocycles. The van der Waals surface area contributed by atoms with Gasteiger partial charge >= 0.3 is 0 Å². The molecule has 4 nitrogen and oxygen atoms in total. The van der Waals surface area contributed by atoms with Crippen LogP contribution in [0.2, 0.25) is 0 Å². The number of aryl methyl sites for hydroxylation is 2. The van der Waals surface area contributed by atoms with Crippen LogP contribution in [0, 0.1) is 13.8 Å². The lowest BCUT2D eigenvalue weighted by molar-refractivity contribution is -0.115. The Hall–Kier alpha value is -3.40. The highest BCUT2D eigenvalue weighted by atomic mass is 16.2. The lowest BCUT2D eigenvalue weighted by atomic mass is 9.99. The molecule has 0 atom stereocenters. The maximum atomic E-state index is 12.6. The molecule has 27 heavy (non-hydrogen) atoms. The van der Waals surface area contributed by atoms with E-state index in [4.69, 9.17) is 0 Å². The number of amides is 2. The molecule has 3 aromatic rings. The molecule has 0 aliphatic carbocycles. The van der Waals surface area contributed by atoms with Gasteiger partial charge in [-0.1, -0.05) is 66.7 Å². The quantitative estimate of drug-likeness (QED) is 0.713. The van der Waals surface area contributed by atoms with Crippen LogP contribution >= 0.6 is 0 Å². The van der Waals surface area contributed by atoms with Gasteiger partial charge in [0.15, 0.2) is 0 Å². The Morgan fingerprint density at radius 3 is 2.11 bits per heavy atom. The van der Waals surface area contributed by atoms with Crippen molar-refractivity contribution in [1.82, 2.24) is 5.32 Å². The summed E-state index contributed by atoms with van der Waals surface area (Å²) in [5, 5.41) is 5.60. The lowest BCUT2D eigenvalue weighted by Crippen LogP contribution is -2.33. The number of hydrogen-bond donors (Lipinski definition) is 2. The third kappa shape index (κ3) is 4.42. The highest BCUT2D eigenvalue weighted by Gasteiger charge is 2.14. The first-order chi connectivity index (χ1) is 13.1. The van der Waals surface area contributed by atoms with E-state index < -0.39 is 0 Å². The molecule has 0 bridgehead atoms. The zero-order valence-electron chi connectivity index (χ0n) is 15.5. The summed E-state index contributed by atoms with van der Waals surface area (Å²) in [6.07, 6.45) is 0. The van der Waals surface area contributed by atoms with Crippen molar-refractivity contribution in [3.05, 3.63) is 89.5 Å². The van der Waals surface area contributed by atoms with Crippen LogP contribution in [0.5, 0.6) is 0 Å². The van der Waals surface area contributed by atoms with E-state index in [1.54, 1.807) is 6.07 Å². The van der Waals surface area contributed by atoms with E-state index >= 15 is 0 Å². The zero-order chi connectivity index (χ0) is 19.2. The molecular weight excluding hydrogens is 336 g/mol. The molecular formula is C23H22N2O2. The van der Waals surface area contributed by atoms with Crippen LogP contribution in [0.4, 0.5) is 5.69 Å². The first-order valence-corrected chi connectivity index (χ1v) is 8.85. The third-order valence-corrected chi connectivity index (χ3v) is 4.41. The molecule has 3 rings (SSSR count). The average molecular weight is 358 g/mol. The van der Waals surface area contributed by atoms with Crippen molar-refractivity contribution in [2.24, 2.45) is 0 Å². The Balaban J connectivity index is 1.69. The van der Waals surface area contributed by atoms with Gasteiger partial charge in [-0.3, -0.25) is 9.59 Å². The summed E-state index contributed by atoms with van der Waals surface area (Å²) >= 11 is 0. The van der Waals surface area contributed by atoms with Gasteiger partial charge in [0.1, 0.15) is 0 Å². The van der Waals surface area contributed by atoms with Crippen LogP contribution < -0.4 is 10.6 Å². The third-order valence-electron chi connectivity index (χ3n) is 4.41. The van der Waals surface area contributed by atoms with Gasteiger partial charge in [-0.25, -0.2) is 0 Å². The second-order valence-corrected chi connectivity index (χ2v) is 6.41. The second-order valence-electron chi connectivity index (χ2n) is 6.41. The molecule has 136 valence electrons. The average Bonchev–Trinajstić information content (AvgIpc) is 2.70. The summed E-state index contributed by atoms with van der Waals surface area (Å²) in [6.45, 7) is 3.80. The molecule has 0 saturated heterocycles. The van der Waals surface area contributed by atoms with Gasteiger partial charge < -0.3 is 10.6 Å². The Labute approximate surface area is 159 Å². The molecule has 0 saturated carbocycles. The fraction of sp³-hybridized carbons (Fsp3) is 0.130. The maximum Gasteiger partial charge on any atom is 0.252 e. The molecule has 0 aromatic heterocycles. The summed E-state index contributed by atoms with van der Waals surface area (Å²) in [7, 11) is 0. The number of rotatable bonds is 5. The summed E-state index contributed by atoms with van der Waals surface area (Å²) in [5.74, 6) is -0.524. The second kappa shape index (κ2) is 8.32. The normalized spacial score (nSPS) is 10.3. The predicted octanol–water partition coefficient (Wildman–Crippen LogP) is 4.34. The van der Waals surface area contributed by atoms with Crippen LogP contribution in [-0.2, 0) is 4.79 Å². The van der Waals surface area contributed by atoms with Gasteiger partial charge in [0.25, 0.3) is 5.91 Å². The number of benzene rings is 3. The van der Waals surface area contributed by atoms with Crippen molar-refractivity contribution in [1.29, 1.82) is 0 Å². The summed E-state index contributed by atoms with van der Waals surface area (Å²) < 4.78 is 0. The van der Waals surface area contributed by atoms with E-state index in [2.05, 4.69) is 10.6 Å². The zero-order valence-corrected chi connectivity index (χ0v) is 15.5. The number of carbonyl (C=O) groups is 2. The first-order valence-electron chi connectivity index (χ1n) is 8.85. The van der Waals surface area contributed by atoms with Crippen molar-refractivity contribution in [3.8, 4) is 11.1 Å². The van der Waals surface area contributed by atoms with Crippen molar-refractivity contribution >= 4 is 17.5 Å². The van der Waals surface area contributed by atoms with Gasteiger partial charge in [-0.15, -0.1) is 0 Å². The van der Waals surface area contributed by atoms with Crippen LogP contribution in [0.25, 0.3) is 11.1 Å². The molecule has 0 radical (unpaired) electrons. The van der Waals surface area contributed by atoms with Crippen molar-refractivity contribution < 1.29 is 9.59 Å². The maximum absolute atomic E-state index is 12.6. The molecule has 0 aliphatic rings. The van der Waals surface area contributed by atoms with Gasteiger partial charge in [-0.05, 0) is 42.2 Å². The van der Waals surface area contributed by atoms with Crippen molar-refractivity contribution in [3.63, 3.8) is 0 Å². The summed E-state index contributed by atoms with van der Waals surface area (Å²) in [5.41, 5.74) is 5.12. The molecule has 2 N–H and O–H groups in total. The van der Waals surface area contributed by atoms with E-state index in [0.717, 1.165) is 27.9 Å². The Morgan fingerprint density at radius 2 is 1.41 bits per heavy atom. The Morgan fingerprint density at radius 1 is 0.778 bits per heavy atom. The number of hydrogen-bond acceptors (Lipinski definition) is 2. The monoisotopic (exact) mass is 358 g/mol. The molecule has 0 unspecified atom stereocenters. The van der Waals surface area contributed by atoms with Crippen molar-refractivity contribution in [2.75, 3.05) is 11.9 Å². The highest BCUT2D eigenvalue weighted by molar-refractivity contribution is 6.03. The van der Waals surface area contributed by atoms with Gasteiger partial charge in [-0.2, -0.15) is 0 Å². The van der Waals surface area contributed by atoms with Gasteiger partial charge in [0.05, 0.1) is 6.54 Å². The number of anilines is 1. The minimum absolute atomic E-state index is 0.0876. The standard InChI is InChI=1S/C23H22N2O2/c1-16-9-8-10-17(2)22(16)25-21(26)15-24-23(27)20-14-7-6-13-19(20)18-11-4-3-5-12-18/h3-14H,15H2,1-2H3,(H,24,27)(H,25,26). The highest BCUT2D eigenvalue weighted by Crippen LogP contribution is 2.23. The van der Waals surface area contributed by atoms with Crippen LogP contribution in [-0.4, -0.2) is 18.4 Å². The molecule has 2 amide bonds. The number of carbonyl (C=O) groups excluding carboxylic acids is 2.